The molecule has 0 spiro atoms. The van der Waals surface area contributed by atoms with E-state index in [9.17, 15) is 9.59 Å². The third-order valence-electron chi connectivity index (χ3n) is 7.02. The molecule has 3 aliphatic rings. The lowest BCUT2D eigenvalue weighted by atomic mass is 9.87. The van der Waals surface area contributed by atoms with E-state index >= 15 is 0 Å². The quantitative estimate of drug-likeness (QED) is 0.394. The summed E-state index contributed by atoms with van der Waals surface area (Å²) in [7, 11) is 1.59. The van der Waals surface area contributed by atoms with Gasteiger partial charge < -0.3 is 28.8 Å². The van der Waals surface area contributed by atoms with Crippen molar-refractivity contribution in [1.82, 2.24) is 15.2 Å². The molecule has 7 rings (SSSR count). The number of rotatable bonds is 3. The normalized spacial score (nSPS) is 16.8. The lowest BCUT2D eigenvalue weighted by Gasteiger charge is -2.37. The summed E-state index contributed by atoms with van der Waals surface area (Å²) in [5, 5.41) is 2.90. The number of ether oxygens (including phenoxy) is 3. The van der Waals surface area contributed by atoms with E-state index in [0.29, 0.717) is 67.7 Å². The van der Waals surface area contributed by atoms with Crippen LogP contribution in [0.2, 0.25) is 0 Å². The number of furan rings is 1. The predicted octanol–water partition coefficient (Wildman–Crippen LogP) is 4.91. The number of fused-ring (bicyclic) bond motifs is 6. The van der Waals surface area contributed by atoms with Crippen LogP contribution in [0.25, 0.3) is 0 Å². The van der Waals surface area contributed by atoms with Gasteiger partial charge in [0, 0.05) is 26.4 Å². The van der Waals surface area contributed by atoms with Crippen molar-refractivity contribution in [3.8, 4) is 17.2 Å². The molecule has 0 aliphatic carbocycles. The molecule has 0 fully saturated rings. The Morgan fingerprint density at radius 3 is 2.90 bits per heavy atom. The number of nitrogens with zero attached hydrogens (tertiary/aromatic N) is 2. The first-order chi connectivity index (χ1) is 19.6. The summed E-state index contributed by atoms with van der Waals surface area (Å²) in [6.07, 6.45) is 4.36. The molecule has 5 heterocycles. The molecule has 204 valence electrons. The molecule has 40 heavy (non-hydrogen) atoms. The fourth-order valence-electron chi connectivity index (χ4n) is 5.17. The second-order valence-corrected chi connectivity index (χ2v) is 9.75. The number of aromatic nitrogens is 1. The lowest BCUT2D eigenvalue weighted by molar-refractivity contribution is 0.0654. The lowest BCUT2D eigenvalue weighted by Crippen LogP contribution is -2.40. The molecule has 2 aromatic heterocycles. The van der Waals surface area contributed by atoms with E-state index in [2.05, 4.69) is 10.3 Å². The molecule has 0 saturated carbocycles. The molecule has 0 radical (unpaired) electrons. The van der Waals surface area contributed by atoms with Crippen molar-refractivity contribution in [3.63, 3.8) is 0 Å². The predicted molar refractivity (Wildman–Crippen MR) is 146 cm³/mol. The van der Waals surface area contributed by atoms with E-state index < -0.39 is 0 Å². The number of amides is 2. The zero-order valence-corrected chi connectivity index (χ0v) is 22.1. The van der Waals surface area contributed by atoms with Crippen molar-refractivity contribution in [3.05, 3.63) is 107 Å². The Kier molecular flexibility index (Phi) is 7.20. The minimum atomic E-state index is -0.354. The Balaban J connectivity index is 1.40. The maximum atomic E-state index is 13.8. The van der Waals surface area contributed by atoms with Crippen LogP contribution in [0, 0.1) is 0 Å². The molecule has 9 nitrogen and oxygen atoms in total. The minimum absolute atomic E-state index is 0.189. The molecule has 2 aromatic carbocycles. The Labute approximate surface area is 231 Å². The zero-order valence-electron chi connectivity index (χ0n) is 22.1. The van der Waals surface area contributed by atoms with Gasteiger partial charge in [0.25, 0.3) is 11.8 Å². The second kappa shape index (κ2) is 11.2. The van der Waals surface area contributed by atoms with Crippen LogP contribution in [0.5, 0.6) is 17.2 Å². The van der Waals surface area contributed by atoms with Crippen molar-refractivity contribution in [2.75, 3.05) is 26.8 Å². The molecule has 1 atom stereocenters. The second-order valence-electron chi connectivity index (χ2n) is 9.75. The third kappa shape index (κ3) is 5.28. The smallest absolute Gasteiger partial charge is 0.290 e. The molecular weight excluding hydrogens is 510 g/mol. The van der Waals surface area contributed by atoms with Crippen molar-refractivity contribution in [1.29, 1.82) is 0 Å². The van der Waals surface area contributed by atoms with Gasteiger partial charge in [0.2, 0.25) is 0 Å². The first-order valence-corrected chi connectivity index (χ1v) is 13.2. The Morgan fingerprint density at radius 2 is 2.00 bits per heavy atom. The Hall–Kier alpha value is -4.63. The summed E-state index contributed by atoms with van der Waals surface area (Å²) < 4.78 is 23.1. The van der Waals surface area contributed by atoms with Crippen LogP contribution in [0.15, 0.2) is 77.5 Å². The van der Waals surface area contributed by atoms with Crippen LogP contribution in [0.4, 0.5) is 0 Å². The van der Waals surface area contributed by atoms with Gasteiger partial charge in [0.05, 0.1) is 24.4 Å². The highest BCUT2D eigenvalue weighted by Crippen LogP contribution is 2.39. The summed E-state index contributed by atoms with van der Waals surface area (Å²) in [4.78, 5) is 32.4. The molecule has 1 unspecified atom stereocenters. The van der Waals surface area contributed by atoms with Gasteiger partial charge in [-0.25, -0.2) is 0 Å². The number of nitrogens with one attached hydrogen (secondary N) is 1. The van der Waals surface area contributed by atoms with Gasteiger partial charge >= 0.3 is 0 Å². The van der Waals surface area contributed by atoms with Gasteiger partial charge in [-0.2, -0.15) is 0 Å². The van der Waals surface area contributed by atoms with Gasteiger partial charge in [-0.3, -0.25) is 14.6 Å². The van der Waals surface area contributed by atoms with Crippen molar-refractivity contribution < 1.29 is 28.2 Å². The van der Waals surface area contributed by atoms with E-state index in [-0.39, 0.29) is 23.6 Å². The van der Waals surface area contributed by atoms with E-state index in [1.165, 1.54) is 6.20 Å². The van der Waals surface area contributed by atoms with E-state index in [1.54, 1.807) is 31.5 Å². The van der Waals surface area contributed by atoms with E-state index in [0.717, 1.165) is 16.7 Å². The highest BCUT2D eigenvalue weighted by molar-refractivity contribution is 5.94. The van der Waals surface area contributed by atoms with Crippen molar-refractivity contribution in [2.24, 2.45) is 0 Å². The summed E-state index contributed by atoms with van der Waals surface area (Å²) in [5.74, 6) is 2.26. The average Bonchev–Trinajstić information content (AvgIpc) is 3.44. The SMILES string of the molecule is COCc1ccc(C(=O)N2CCc3cc4ccc3C2c2cccc(c2)OCCCNC(=O)c2cncc(c2)O4)o1. The number of benzene rings is 2. The number of methoxy groups -OCH3 is 1. The molecule has 1 N–H and O–H groups in total. The van der Waals surface area contributed by atoms with Crippen molar-refractivity contribution in [2.45, 2.75) is 25.5 Å². The van der Waals surface area contributed by atoms with Crippen LogP contribution >= 0.6 is 0 Å². The summed E-state index contributed by atoms with van der Waals surface area (Å²) >= 11 is 0. The van der Waals surface area contributed by atoms with Crippen LogP contribution in [0.3, 0.4) is 0 Å². The fourth-order valence-corrected chi connectivity index (χ4v) is 5.17. The number of hydrogen-bond acceptors (Lipinski definition) is 7. The number of carbonyl (C=O) groups excluding carboxylic acids is 2. The highest BCUT2D eigenvalue weighted by Gasteiger charge is 2.34. The van der Waals surface area contributed by atoms with Gasteiger partial charge in [0.1, 0.15) is 29.6 Å². The number of pyridine rings is 1. The molecule has 2 amide bonds. The van der Waals surface area contributed by atoms with Gasteiger partial charge in [-0.15, -0.1) is 0 Å². The molecule has 4 aromatic rings. The summed E-state index contributed by atoms with van der Waals surface area (Å²) in [5.41, 5.74) is 3.42. The highest BCUT2D eigenvalue weighted by atomic mass is 16.5. The van der Waals surface area contributed by atoms with Crippen LogP contribution in [0.1, 0.15) is 55.8 Å². The molecular formula is C31H29N3O6. The van der Waals surface area contributed by atoms with Crippen molar-refractivity contribution >= 4 is 11.8 Å². The average molecular weight is 540 g/mol. The van der Waals surface area contributed by atoms with E-state index in [4.69, 9.17) is 18.6 Å². The van der Waals surface area contributed by atoms with Gasteiger partial charge in [0.15, 0.2) is 5.76 Å². The van der Waals surface area contributed by atoms with Crippen LogP contribution < -0.4 is 14.8 Å². The molecule has 0 saturated heterocycles. The Bertz CT molecular complexity index is 1550. The maximum absolute atomic E-state index is 13.8. The first kappa shape index (κ1) is 25.6. The standard InChI is InChI=1S/C31H29N3O6/c1-37-19-25-7-9-28(40-25)31(36)34-12-10-20-14-24-6-8-27(20)29(34)21-4-2-5-23(15-21)38-13-3-11-33-30(35)22-16-26(39-24)18-32-17-22/h2,4-9,14-18,29H,3,10-13,19H2,1H3,(H,33,35). The largest absolute Gasteiger partial charge is 0.494 e. The van der Waals surface area contributed by atoms with Crippen LogP contribution in [-0.2, 0) is 17.8 Å². The molecule has 9 heteroatoms. The Morgan fingerprint density at radius 1 is 1.07 bits per heavy atom. The van der Waals surface area contributed by atoms with E-state index in [1.807, 2.05) is 47.4 Å². The molecule has 8 bridgehead atoms. The fraction of sp³-hybridized carbons (Fsp3) is 0.258. The van der Waals surface area contributed by atoms with Gasteiger partial charge in [-0.1, -0.05) is 18.2 Å². The molecule has 3 aliphatic heterocycles. The first-order valence-electron chi connectivity index (χ1n) is 13.2. The topological polar surface area (TPSA) is 103 Å². The van der Waals surface area contributed by atoms with Gasteiger partial charge in [-0.05, 0) is 72.0 Å². The zero-order chi connectivity index (χ0) is 27.5. The number of hydrogen-bond donors (Lipinski definition) is 1. The monoisotopic (exact) mass is 539 g/mol. The number of carbonyl (C=O) groups is 2. The maximum Gasteiger partial charge on any atom is 0.290 e. The summed E-state index contributed by atoms with van der Waals surface area (Å²) in [6, 6.07) is 18.5. The van der Waals surface area contributed by atoms with Crippen LogP contribution in [-0.4, -0.2) is 48.5 Å². The minimum Gasteiger partial charge on any atom is -0.494 e. The summed E-state index contributed by atoms with van der Waals surface area (Å²) in [6.45, 7) is 1.66. The third-order valence-corrected chi connectivity index (χ3v) is 7.02.